The third kappa shape index (κ3) is 7.09. The van der Waals surface area contributed by atoms with Crippen LogP contribution in [0.5, 0.6) is 0 Å². The average molecular weight is 549 g/mol. The number of aliphatic carboxylic acids is 2. The van der Waals surface area contributed by atoms with E-state index in [4.69, 9.17) is 5.11 Å². The summed E-state index contributed by atoms with van der Waals surface area (Å²) in [6.45, 7) is 9.37. The van der Waals surface area contributed by atoms with Crippen LogP contribution < -0.4 is 10.6 Å². The highest BCUT2D eigenvalue weighted by atomic mass is 16.4. The number of aromatic nitrogens is 2. The highest BCUT2D eigenvalue weighted by Gasteiger charge is 2.22. The summed E-state index contributed by atoms with van der Waals surface area (Å²) >= 11 is 0. The van der Waals surface area contributed by atoms with Crippen molar-refractivity contribution in [2.75, 3.05) is 6.54 Å². The minimum absolute atomic E-state index is 0.103. The molecular weight excluding hydrogens is 504 g/mol. The Labute approximate surface area is 237 Å². The van der Waals surface area contributed by atoms with Crippen LogP contribution in [0.4, 0.5) is 0 Å². The summed E-state index contributed by atoms with van der Waals surface area (Å²) in [6, 6.07) is 2.31. The van der Waals surface area contributed by atoms with Crippen molar-refractivity contribution in [3.05, 3.63) is 68.6 Å². The van der Waals surface area contributed by atoms with Gasteiger partial charge in [-0.3, -0.25) is 9.59 Å². The van der Waals surface area contributed by atoms with Crippen LogP contribution in [0, 0.1) is 12.8 Å². The van der Waals surface area contributed by atoms with E-state index in [-0.39, 0.29) is 24.8 Å². The van der Waals surface area contributed by atoms with Crippen molar-refractivity contribution in [3.63, 3.8) is 0 Å². The quantitative estimate of drug-likeness (QED) is 0.233. The maximum absolute atomic E-state index is 11.3. The monoisotopic (exact) mass is 548 g/mol. The lowest BCUT2D eigenvalue weighted by atomic mass is 9.97. The number of allylic oxidation sites excluding steroid dienone is 2. The zero-order chi connectivity index (χ0) is 28.8. The molecule has 0 aromatic carbocycles. The van der Waals surface area contributed by atoms with Crippen molar-refractivity contribution >= 4 is 24.1 Å². The zero-order valence-corrected chi connectivity index (χ0v) is 24.2. The summed E-state index contributed by atoms with van der Waals surface area (Å²) in [5.41, 5.74) is 11.5. The van der Waals surface area contributed by atoms with Gasteiger partial charge in [-0.05, 0) is 85.4 Å². The number of carboxylic acids is 2. The summed E-state index contributed by atoms with van der Waals surface area (Å²) in [6.07, 6.45) is 12.3. The Hall–Kier alpha value is -3.68. The molecular formula is C32H44N4O4. The smallest absolute Gasteiger partial charge is 0.303 e. The Morgan fingerprint density at radius 1 is 1.05 bits per heavy atom. The Morgan fingerprint density at radius 3 is 2.52 bits per heavy atom. The summed E-state index contributed by atoms with van der Waals surface area (Å²) in [7, 11) is 0. The molecule has 8 heteroatoms. The van der Waals surface area contributed by atoms with Gasteiger partial charge in [0.25, 0.3) is 0 Å². The van der Waals surface area contributed by atoms with Crippen LogP contribution >= 0.6 is 0 Å². The van der Waals surface area contributed by atoms with E-state index >= 15 is 0 Å². The SMILES string of the molecule is CCC1=C[C@@H]2Cc3cc(CCC(=O)O)c([nH]3)CCN/C([C@H](C)CCCC(=O)O)=C\c3[nH]c(c(C)c3CC)/C=C/1N2. The van der Waals surface area contributed by atoms with Crippen LogP contribution in [0.2, 0.25) is 0 Å². The van der Waals surface area contributed by atoms with E-state index in [0.29, 0.717) is 19.4 Å². The third-order valence-electron chi connectivity index (χ3n) is 8.22. The molecule has 40 heavy (non-hydrogen) atoms. The number of carbonyl (C=O) groups is 2. The maximum atomic E-state index is 11.3. The highest BCUT2D eigenvalue weighted by molar-refractivity contribution is 5.68. The second-order valence-corrected chi connectivity index (χ2v) is 11.1. The van der Waals surface area contributed by atoms with Gasteiger partial charge in [0.1, 0.15) is 0 Å². The number of aryl methyl sites for hydroxylation is 1. The fourth-order valence-corrected chi connectivity index (χ4v) is 5.98. The number of fused-ring (bicyclic) bond motifs is 6. The number of nitrogens with one attached hydrogen (secondary N) is 4. The Bertz CT molecular complexity index is 1330. The van der Waals surface area contributed by atoms with E-state index in [1.165, 1.54) is 16.7 Å². The number of H-pyrrole nitrogens is 2. The first-order valence-electron chi connectivity index (χ1n) is 14.7. The summed E-state index contributed by atoms with van der Waals surface area (Å²) < 4.78 is 0. The Morgan fingerprint density at radius 2 is 1.82 bits per heavy atom. The molecule has 216 valence electrons. The fourth-order valence-electron chi connectivity index (χ4n) is 5.98. The topological polar surface area (TPSA) is 130 Å². The van der Waals surface area contributed by atoms with Crippen molar-refractivity contribution < 1.29 is 19.8 Å². The lowest BCUT2D eigenvalue weighted by Crippen LogP contribution is -2.24. The molecule has 6 N–H and O–H groups in total. The van der Waals surface area contributed by atoms with Crippen molar-refractivity contribution in [3.8, 4) is 0 Å². The average Bonchev–Trinajstić information content (AvgIpc) is 3.56. The molecule has 2 aromatic heterocycles. The number of carboxylic acid groups (broad SMARTS) is 2. The molecule has 4 heterocycles. The van der Waals surface area contributed by atoms with E-state index in [0.717, 1.165) is 71.8 Å². The Kier molecular flexibility index (Phi) is 9.61. The minimum atomic E-state index is -0.791. The molecule has 2 aromatic rings. The highest BCUT2D eigenvalue weighted by Crippen LogP contribution is 2.29. The van der Waals surface area contributed by atoms with Gasteiger partial charge < -0.3 is 30.8 Å². The standard InChI is InChI=1S/C32H44N4O4/c1-5-21-14-23-16-24-15-22(10-11-32(39)40)26(34-24)12-13-33-27(19(3)8-7-9-31(37)38)17-30-25(6-2)20(4)28(36-30)18-29(21)35-23/h14-15,17-19,23,33-36H,5-13,16H2,1-4H3,(H,37,38)(H,39,40)/b27-17-,29-18-/t19-,23-/m1/s1. The van der Waals surface area contributed by atoms with Gasteiger partial charge in [0, 0.05) is 66.4 Å². The molecule has 0 saturated carbocycles. The molecule has 0 spiro atoms. The first kappa shape index (κ1) is 29.3. The molecule has 0 aliphatic carbocycles. The fraction of sp³-hybridized carbons (Fsp3) is 0.500. The van der Waals surface area contributed by atoms with Gasteiger partial charge >= 0.3 is 11.9 Å². The zero-order valence-electron chi connectivity index (χ0n) is 24.2. The van der Waals surface area contributed by atoms with Crippen LogP contribution in [-0.4, -0.2) is 44.7 Å². The van der Waals surface area contributed by atoms with Crippen molar-refractivity contribution in [2.45, 2.75) is 91.5 Å². The molecule has 4 rings (SSSR count). The Balaban J connectivity index is 1.74. The first-order valence-corrected chi connectivity index (χ1v) is 14.7. The lowest BCUT2D eigenvalue weighted by Gasteiger charge is -2.19. The lowest BCUT2D eigenvalue weighted by molar-refractivity contribution is -0.138. The molecule has 2 atom stereocenters. The number of aromatic amines is 2. The van der Waals surface area contributed by atoms with Gasteiger partial charge in [-0.25, -0.2) is 0 Å². The van der Waals surface area contributed by atoms with Crippen LogP contribution in [0.3, 0.4) is 0 Å². The van der Waals surface area contributed by atoms with Crippen LogP contribution in [0.15, 0.2) is 29.1 Å². The van der Waals surface area contributed by atoms with Gasteiger partial charge in [-0.1, -0.05) is 26.8 Å². The molecule has 0 fully saturated rings. The molecule has 0 radical (unpaired) electrons. The second kappa shape index (κ2) is 13.1. The largest absolute Gasteiger partial charge is 0.481 e. The predicted molar refractivity (Wildman–Crippen MR) is 159 cm³/mol. The van der Waals surface area contributed by atoms with Crippen LogP contribution in [-0.2, 0) is 35.3 Å². The van der Waals surface area contributed by atoms with E-state index in [1.807, 2.05) is 0 Å². The van der Waals surface area contributed by atoms with Crippen molar-refractivity contribution in [2.24, 2.45) is 5.92 Å². The van der Waals surface area contributed by atoms with Gasteiger partial charge in [0.05, 0.1) is 6.04 Å². The van der Waals surface area contributed by atoms with Crippen molar-refractivity contribution in [1.29, 1.82) is 0 Å². The molecule has 0 amide bonds. The molecule has 0 unspecified atom stereocenters. The second-order valence-electron chi connectivity index (χ2n) is 11.1. The van der Waals surface area contributed by atoms with E-state index in [2.05, 4.69) is 72.6 Å². The van der Waals surface area contributed by atoms with Crippen molar-refractivity contribution in [1.82, 2.24) is 20.6 Å². The molecule has 2 aliphatic rings. The van der Waals surface area contributed by atoms with E-state index < -0.39 is 11.9 Å². The summed E-state index contributed by atoms with van der Waals surface area (Å²) in [4.78, 5) is 29.7. The van der Waals surface area contributed by atoms with Crippen LogP contribution in [0.25, 0.3) is 12.2 Å². The van der Waals surface area contributed by atoms with Gasteiger partial charge in [-0.15, -0.1) is 0 Å². The van der Waals surface area contributed by atoms with E-state index in [9.17, 15) is 14.7 Å². The van der Waals surface area contributed by atoms with Gasteiger partial charge in [0.2, 0.25) is 0 Å². The first-order chi connectivity index (χ1) is 19.2. The predicted octanol–water partition coefficient (Wildman–Crippen LogP) is 5.50. The van der Waals surface area contributed by atoms with E-state index in [1.54, 1.807) is 0 Å². The normalized spacial score (nSPS) is 20.4. The third-order valence-corrected chi connectivity index (χ3v) is 8.22. The summed E-state index contributed by atoms with van der Waals surface area (Å²) in [5.74, 6) is -1.40. The summed E-state index contributed by atoms with van der Waals surface area (Å²) in [5, 5.41) is 25.8. The van der Waals surface area contributed by atoms with Gasteiger partial charge in [-0.2, -0.15) is 0 Å². The number of rotatable bonds is 10. The number of hydrogen-bond donors (Lipinski definition) is 6. The minimum Gasteiger partial charge on any atom is -0.481 e. The molecule has 2 aliphatic heterocycles. The van der Waals surface area contributed by atoms with Crippen LogP contribution in [0.1, 0.15) is 92.3 Å². The van der Waals surface area contributed by atoms with Gasteiger partial charge in [0.15, 0.2) is 0 Å². The maximum Gasteiger partial charge on any atom is 0.303 e. The molecule has 0 saturated heterocycles. The molecule has 8 nitrogen and oxygen atoms in total. The molecule has 6 bridgehead atoms. The number of hydrogen-bond acceptors (Lipinski definition) is 4.